The Balaban J connectivity index is 2.10. The van der Waals surface area contributed by atoms with E-state index in [0.29, 0.717) is 6.54 Å². The molecule has 19 heavy (non-hydrogen) atoms. The molecule has 1 aromatic carbocycles. The van der Waals surface area contributed by atoms with E-state index < -0.39 is 10.8 Å². The van der Waals surface area contributed by atoms with Crippen molar-refractivity contribution in [2.75, 3.05) is 0 Å². The second kappa shape index (κ2) is 5.72. The molecule has 0 aliphatic carbocycles. The molecule has 0 aliphatic heterocycles. The first-order valence-electron chi connectivity index (χ1n) is 5.59. The largest absolute Gasteiger partial charge is 0.348 e. The predicted molar refractivity (Wildman–Crippen MR) is 68.5 cm³/mol. The van der Waals surface area contributed by atoms with Crippen molar-refractivity contribution in [2.24, 2.45) is 0 Å². The second-order valence-electron chi connectivity index (χ2n) is 3.82. The van der Waals surface area contributed by atoms with Crippen molar-refractivity contribution in [3.63, 3.8) is 0 Å². The molecule has 2 aromatic rings. The summed E-state index contributed by atoms with van der Waals surface area (Å²) in [4.78, 5) is 25.8. The van der Waals surface area contributed by atoms with Gasteiger partial charge in [-0.1, -0.05) is 30.3 Å². The van der Waals surface area contributed by atoms with Crippen LogP contribution in [0.1, 0.15) is 15.9 Å². The van der Waals surface area contributed by atoms with Crippen LogP contribution in [0.25, 0.3) is 0 Å². The Bertz CT molecular complexity index is 599. The molecule has 0 fully saturated rings. The Kier molecular flexibility index (Phi) is 3.82. The van der Waals surface area contributed by atoms with Crippen LogP contribution in [0.4, 0.5) is 5.69 Å². The number of carbonyl (C=O) groups excluding carboxylic acids is 1. The Morgan fingerprint density at radius 1 is 1.26 bits per heavy atom. The zero-order valence-corrected chi connectivity index (χ0v) is 9.95. The first kappa shape index (κ1) is 12.7. The van der Waals surface area contributed by atoms with Gasteiger partial charge >= 0.3 is 0 Å². The molecule has 0 unspecified atom stereocenters. The average Bonchev–Trinajstić information content (AvgIpc) is 2.46. The van der Waals surface area contributed by atoms with Crippen LogP contribution in [0.15, 0.2) is 48.8 Å². The van der Waals surface area contributed by atoms with Crippen molar-refractivity contribution in [1.29, 1.82) is 0 Å². The molecule has 0 saturated heterocycles. The van der Waals surface area contributed by atoms with Gasteiger partial charge in [-0.3, -0.25) is 19.9 Å². The third-order valence-corrected chi connectivity index (χ3v) is 2.54. The minimum atomic E-state index is -0.598. The lowest BCUT2D eigenvalue weighted by molar-refractivity contribution is -0.385. The summed E-state index contributed by atoms with van der Waals surface area (Å²) in [6.45, 7) is 0.311. The summed E-state index contributed by atoms with van der Waals surface area (Å²) >= 11 is 0. The van der Waals surface area contributed by atoms with E-state index in [1.807, 2.05) is 30.3 Å². The highest BCUT2D eigenvalue weighted by atomic mass is 16.6. The minimum Gasteiger partial charge on any atom is -0.348 e. The van der Waals surface area contributed by atoms with Gasteiger partial charge in [-0.15, -0.1) is 0 Å². The summed E-state index contributed by atoms with van der Waals surface area (Å²) < 4.78 is 0. The lowest BCUT2D eigenvalue weighted by Gasteiger charge is -2.05. The van der Waals surface area contributed by atoms with Crippen molar-refractivity contribution in [1.82, 2.24) is 10.3 Å². The monoisotopic (exact) mass is 257 g/mol. The van der Waals surface area contributed by atoms with Gasteiger partial charge in [0.05, 0.1) is 4.92 Å². The number of benzene rings is 1. The van der Waals surface area contributed by atoms with Crippen LogP contribution < -0.4 is 5.32 Å². The molecule has 6 heteroatoms. The standard InChI is InChI=1S/C13H11N3O3/c17-13(15-8-10-4-2-1-3-5-10)11-9-14-7-6-12(11)16(18)19/h1-7,9H,8H2,(H,15,17). The molecule has 0 radical (unpaired) electrons. The summed E-state index contributed by atoms with van der Waals surface area (Å²) in [6.07, 6.45) is 2.48. The molecule has 2 rings (SSSR count). The fourth-order valence-electron chi connectivity index (χ4n) is 1.59. The number of hydrogen-bond donors (Lipinski definition) is 1. The molecule has 1 N–H and O–H groups in total. The molecule has 1 amide bonds. The highest BCUT2D eigenvalue weighted by molar-refractivity contribution is 5.97. The fourth-order valence-corrected chi connectivity index (χ4v) is 1.59. The number of nitrogens with zero attached hydrogens (tertiary/aromatic N) is 2. The van der Waals surface area contributed by atoms with Gasteiger partial charge in [0, 0.05) is 25.0 Å². The van der Waals surface area contributed by atoms with Crippen molar-refractivity contribution in [3.8, 4) is 0 Å². The Morgan fingerprint density at radius 2 is 2.00 bits per heavy atom. The molecule has 0 atom stereocenters. The number of pyridine rings is 1. The van der Waals surface area contributed by atoms with Crippen LogP contribution in [0.3, 0.4) is 0 Å². The number of carbonyl (C=O) groups is 1. The number of hydrogen-bond acceptors (Lipinski definition) is 4. The third kappa shape index (κ3) is 3.12. The SMILES string of the molecule is O=C(NCc1ccccc1)c1cnccc1[N+](=O)[O-]. The topological polar surface area (TPSA) is 85.1 Å². The van der Waals surface area contributed by atoms with Crippen LogP contribution in [-0.4, -0.2) is 15.8 Å². The first-order valence-corrected chi connectivity index (χ1v) is 5.59. The van der Waals surface area contributed by atoms with Crippen molar-refractivity contribution < 1.29 is 9.72 Å². The number of nitrogens with one attached hydrogen (secondary N) is 1. The van der Waals surface area contributed by atoms with Crippen molar-refractivity contribution >= 4 is 11.6 Å². The van der Waals surface area contributed by atoms with Crippen LogP contribution >= 0.6 is 0 Å². The summed E-state index contributed by atoms with van der Waals surface area (Å²) in [5.41, 5.74) is 0.631. The van der Waals surface area contributed by atoms with Gasteiger partial charge in [-0.05, 0) is 5.56 Å². The second-order valence-corrected chi connectivity index (χ2v) is 3.82. The molecule has 0 spiro atoms. The van der Waals surface area contributed by atoms with Gasteiger partial charge in [0.1, 0.15) is 5.56 Å². The first-order chi connectivity index (χ1) is 9.18. The van der Waals surface area contributed by atoms with Crippen LogP contribution in [0.5, 0.6) is 0 Å². The summed E-state index contributed by atoms with van der Waals surface area (Å²) in [5.74, 6) is -0.511. The third-order valence-electron chi connectivity index (χ3n) is 2.54. The minimum absolute atomic E-state index is 0.0385. The molecule has 0 aliphatic rings. The summed E-state index contributed by atoms with van der Waals surface area (Å²) in [7, 11) is 0. The quantitative estimate of drug-likeness (QED) is 0.669. The van der Waals surface area contributed by atoms with Crippen LogP contribution in [-0.2, 0) is 6.54 Å². The summed E-state index contributed by atoms with van der Waals surface area (Å²) in [5, 5.41) is 13.4. The molecule has 0 saturated carbocycles. The zero-order chi connectivity index (χ0) is 13.7. The molecular formula is C13H11N3O3. The lowest BCUT2D eigenvalue weighted by atomic mass is 10.2. The van der Waals surface area contributed by atoms with Gasteiger partial charge in [0.15, 0.2) is 0 Å². The Labute approximate surface area is 109 Å². The van der Waals surface area contributed by atoms with E-state index in [0.717, 1.165) is 5.56 Å². The maximum absolute atomic E-state index is 11.9. The van der Waals surface area contributed by atoms with Gasteiger partial charge in [0.25, 0.3) is 11.6 Å². The van der Waals surface area contributed by atoms with Gasteiger partial charge in [0.2, 0.25) is 0 Å². The molecule has 0 bridgehead atoms. The van der Waals surface area contributed by atoms with E-state index in [2.05, 4.69) is 10.3 Å². The van der Waals surface area contributed by atoms with Crippen molar-refractivity contribution in [3.05, 3.63) is 70.0 Å². The van der Waals surface area contributed by atoms with Gasteiger partial charge in [-0.2, -0.15) is 0 Å². The normalized spacial score (nSPS) is 9.89. The maximum atomic E-state index is 11.9. The zero-order valence-electron chi connectivity index (χ0n) is 9.95. The van der Waals surface area contributed by atoms with Crippen molar-refractivity contribution in [2.45, 2.75) is 6.54 Å². The van der Waals surface area contributed by atoms with E-state index in [1.54, 1.807) is 0 Å². The smallest absolute Gasteiger partial charge is 0.285 e. The van der Waals surface area contributed by atoms with Crippen LogP contribution in [0, 0.1) is 10.1 Å². The average molecular weight is 257 g/mol. The van der Waals surface area contributed by atoms with E-state index in [9.17, 15) is 14.9 Å². The van der Waals surface area contributed by atoms with Crippen LogP contribution in [0.2, 0.25) is 0 Å². The lowest BCUT2D eigenvalue weighted by Crippen LogP contribution is -2.23. The van der Waals surface area contributed by atoms with E-state index in [4.69, 9.17) is 0 Å². The van der Waals surface area contributed by atoms with E-state index >= 15 is 0 Å². The molecule has 1 aromatic heterocycles. The number of aromatic nitrogens is 1. The fraction of sp³-hybridized carbons (Fsp3) is 0.0769. The van der Waals surface area contributed by atoms with E-state index in [1.165, 1.54) is 18.5 Å². The molecular weight excluding hydrogens is 246 g/mol. The molecule has 6 nitrogen and oxygen atoms in total. The Hall–Kier alpha value is -2.76. The summed E-state index contributed by atoms with van der Waals surface area (Å²) in [6, 6.07) is 10.5. The van der Waals surface area contributed by atoms with E-state index in [-0.39, 0.29) is 11.3 Å². The van der Waals surface area contributed by atoms with Gasteiger partial charge < -0.3 is 5.32 Å². The molecule has 96 valence electrons. The highest BCUT2D eigenvalue weighted by Crippen LogP contribution is 2.16. The maximum Gasteiger partial charge on any atom is 0.285 e. The van der Waals surface area contributed by atoms with Gasteiger partial charge in [-0.25, -0.2) is 0 Å². The number of nitro groups is 1. The molecule has 1 heterocycles. The highest BCUT2D eigenvalue weighted by Gasteiger charge is 2.19. The number of rotatable bonds is 4. The predicted octanol–water partition coefficient (Wildman–Crippen LogP) is 1.92. The Morgan fingerprint density at radius 3 is 2.68 bits per heavy atom. The number of amides is 1.